The Morgan fingerprint density at radius 1 is 1.37 bits per heavy atom. The first-order chi connectivity index (χ1) is 9.11. The number of aliphatic hydroxyl groups is 1. The minimum Gasteiger partial charge on any atom is -0.394 e. The molecular weight excluding hydrogens is 240 g/mol. The van der Waals surface area contributed by atoms with Crippen molar-refractivity contribution in [3.8, 4) is 0 Å². The Labute approximate surface area is 113 Å². The van der Waals surface area contributed by atoms with Crippen LogP contribution in [0.2, 0.25) is 0 Å². The smallest absolute Gasteiger partial charge is 0.166 e. The number of hydrogen-bond acceptors (Lipinski definition) is 3. The van der Waals surface area contributed by atoms with Crippen molar-refractivity contribution in [1.29, 1.82) is 0 Å². The van der Waals surface area contributed by atoms with Crippen molar-refractivity contribution < 1.29 is 9.90 Å². The molecule has 1 saturated carbocycles. The summed E-state index contributed by atoms with van der Waals surface area (Å²) in [5, 5.41) is 13.8. The molecule has 1 unspecified atom stereocenters. The fourth-order valence-corrected chi connectivity index (χ4v) is 3.08. The lowest BCUT2D eigenvalue weighted by Crippen LogP contribution is -2.26. The van der Waals surface area contributed by atoms with Gasteiger partial charge in [-0.25, -0.2) is 0 Å². The van der Waals surface area contributed by atoms with Gasteiger partial charge in [-0.05, 0) is 31.1 Å². The Morgan fingerprint density at radius 3 is 2.68 bits per heavy atom. The molecule has 4 heteroatoms. The van der Waals surface area contributed by atoms with Gasteiger partial charge < -0.3 is 5.11 Å². The topological polar surface area (TPSA) is 55.1 Å². The molecule has 1 aromatic rings. The Hall–Kier alpha value is -1.16. The van der Waals surface area contributed by atoms with Gasteiger partial charge in [0.25, 0.3) is 0 Å². The van der Waals surface area contributed by atoms with E-state index in [-0.39, 0.29) is 12.4 Å². The molecular formula is C15H22N2O2. The summed E-state index contributed by atoms with van der Waals surface area (Å²) in [6.07, 6.45) is 3.90. The van der Waals surface area contributed by atoms with E-state index in [0.717, 1.165) is 36.2 Å². The molecule has 19 heavy (non-hydrogen) atoms. The summed E-state index contributed by atoms with van der Waals surface area (Å²) in [5.41, 5.74) is 2.98. The van der Waals surface area contributed by atoms with Crippen LogP contribution >= 0.6 is 0 Å². The third kappa shape index (κ3) is 2.22. The number of hydrogen-bond donors (Lipinski definition) is 1. The maximum atomic E-state index is 12.5. The predicted octanol–water partition coefficient (Wildman–Crippen LogP) is 2.15. The molecule has 0 saturated heterocycles. The van der Waals surface area contributed by atoms with E-state index in [4.69, 9.17) is 0 Å². The lowest BCUT2D eigenvalue weighted by atomic mass is 9.79. The number of carbonyl (C=O) groups is 1. The predicted molar refractivity (Wildman–Crippen MR) is 72.3 cm³/mol. The molecule has 104 valence electrons. The van der Waals surface area contributed by atoms with E-state index in [1.165, 1.54) is 0 Å². The second kappa shape index (κ2) is 4.75. The van der Waals surface area contributed by atoms with Gasteiger partial charge in [-0.15, -0.1) is 0 Å². The molecule has 0 aromatic carbocycles. The van der Waals surface area contributed by atoms with Crippen molar-refractivity contribution in [3.63, 3.8) is 0 Å². The zero-order chi connectivity index (χ0) is 13.6. The van der Waals surface area contributed by atoms with Crippen LogP contribution in [-0.4, -0.2) is 27.3 Å². The highest BCUT2D eigenvalue weighted by Crippen LogP contribution is 2.44. The molecule has 2 aliphatic carbocycles. The van der Waals surface area contributed by atoms with Crippen LogP contribution in [0, 0.1) is 11.8 Å². The minimum absolute atomic E-state index is 0.0821. The molecule has 4 nitrogen and oxygen atoms in total. The van der Waals surface area contributed by atoms with Gasteiger partial charge in [0.15, 0.2) is 5.78 Å². The number of aromatic nitrogens is 2. The molecule has 0 aliphatic heterocycles. The van der Waals surface area contributed by atoms with Crippen LogP contribution in [0.5, 0.6) is 0 Å². The van der Waals surface area contributed by atoms with Crippen LogP contribution in [0.25, 0.3) is 0 Å². The average Bonchev–Trinajstić information content (AvgIpc) is 3.14. The van der Waals surface area contributed by atoms with Gasteiger partial charge in [0.05, 0.1) is 24.4 Å². The number of carbonyl (C=O) groups excluding carboxylic acids is 1. The molecule has 1 aromatic heterocycles. The van der Waals surface area contributed by atoms with Crippen LogP contribution in [0.4, 0.5) is 0 Å². The van der Waals surface area contributed by atoms with Gasteiger partial charge in [0, 0.05) is 18.0 Å². The molecule has 1 N–H and O–H groups in total. The van der Waals surface area contributed by atoms with E-state index in [9.17, 15) is 9.90 Å². The van der Waals surface area contributed by atoms with Crippen molar-refractivity contribution in [2.24, 2.45) is 11.8 Å². The maximum absolute atomic E-state index is 12.5. The van der Waals surface area contributed by atoms with E-state index in [0.29, 0.717) is 30.7 Å². The van der Waals surface area contributed by atoms with E-state index in [1.54, 1.807) is 0 Å². The standard InChI is InChI=1S/C15H22N2O2/c1-9(2)11-7-12-14(13(19)8-11)15(10-3-4-10)16-17(12)5-6-18/h9-11,18H,3-8H2,1-2H3. The Bertz CT molecular complexity index is 500. The van der Waals surface area contributed by atoms with E-state index < -0.39 is 0 Å². The highest BCUT2D eigenvalue weighted by molar-refractivity contribution is 5.99. The molecule has 0 amide bonds. The molecule has 3 rings (SSSR count). The monoisotopic (exact) mass is 262 g/mol. The number of aliphatic hydroxyl groups excluding tert-OH is 1. The van der Waals surface area contributed by atoms with Gasteiger partial charge in [-0.3, -0.25) is 9.48 Å². The number of Topliss-reactive ketones (excluding diaryl/α,β-unsaturated/α-hetero) is 1. The fourth-order valence-electron chi connectivity index (χ4n) is 3.08. The summed E-state index contributed by atoms with van der Waals surface area (Å²) in [6.45, 7) is 4.95. The normalized spacial score (nSPS) is 22.9. The van der Waals surface area contributed by atoms with Gasteiger partial charge in [-0.2, -0.15) is 5.10 Å². The second-order valence-corrected chi connectivity index (χ2v) is 6.26. The molecule has 1 atom stereocenters. The van der Waals surface area contributed by atoms with Crippen LogP contribution in [-0.2, 0) is 13.0 Å². The minimum atomic E-state index is 0.0821. The SMILES string of the molecule is CC(C)C1CC(=O)c2c(C3CC3)nn(CCO)c2C1. The van der Waals surface area contributed by atoms with Gasteiger partial charge >= 0.3 is 0 Å². The van der Waals surface area contributed by atoms with Gasteiger partial charge in [0.2, 0.25) is 0 Å². The summed E-state index contributed by atoms with van der Waals surface area (Å²) in [7, 11) is 0. The Kier molecular flexibility index (Phi) is 3.21. The summed E-state index contributed by atoms with van der Waals surface area (Å²) in [6, 6.07) is 0. The Morgan fingerprint density at radius 2 is 2.11 bits per heavy atom. The van der Waals surface area contributed by atoms with Crippen molar-refractivity contribution in [2.75, 3.05) is 6.61 Å². The molecule has 2 aliphatic rings. The molecule has 0 radical (unpaired) electrons. The maximum Gasteiger partial charge on any atom is 0.166 e. The van der Waals surface area contributed by atoms with Gasteiger partial charge in [-0.1, -0.05) is 13.8 Å². The fraction of sp³-hybridized carbons (Fsp3) is 0.733. The zero-order valence-corrected chi connectivity index (χ0v) is 11.7. The lowest BCUT2D eigenvalue weighted by molar-refractivity contribution is 0.0930. The first-order valence-electron chi connectivity index (χ1n) is 7.35. The summed E-state index contributed by atoms with van der Waals surface area (Å²) >= 11 is 0. The number of fused-ring (bicyclic) bond motifs is 1. The van der Waals surface area contributed by atoms with Crippen LogP contribution in [0.1, 0.15) is 60.8 Å². The first-order valence-corrected chi connectivity index (χ1v) is 7.35. The quantitative estimate of drug-likeness (QED) is 0.904. The van der Waals surface area contributed by atoms with E-state index in [2.05, 4.69) is 18.9 Å². The van der Waals surface area contributed by atoms with E-state index in [1.807, 2.05) is 4.68 Å². The number of rotatable bonds is 4. The molecule has 0 bridgehead atoms. The number of ketones is 1. The Balaban J connectivity index is 2.02. The van der Waals surface area contributed by atoms with Crippen LogP contribution in [0.3, 0.4) is 0 Å². The highest BCUT2D eigenvalue weighted by atomic mass is 16.3. The molecule has 0 spiro atoms. The third-order valence-electron chi connectivity index (χ3n) is 4.49. The largest absolute Gasteiger partial charge is 0.394 e. The van der Waals surface area contributed by atoms with Crippen molar-refractivity contribution in [1.82, 2.24) is 9.78 Å². The van der Waals surface area contributed by atoms with Crippen LogP contribution < -0.4 is 0 Å². The second-order valence-electron chi connectivity index (χ2n) is 6.26. The summed E-state index contributed by atoms with van der Waals surface area (Å²) < 4.78 is 1.88. The van der Waals surface area contributed by atoms with Crippen molar-refractivity contribution in [3.05, 3.63) is 17.0 Å². The summed E-state index contributed by atoms with van der Waals surface area (Å²) in [5.74, 6) is 1.69. The zero-order valence-electron chi connectivity index (χ0n) is 11.7. The van der Waals surface area contributed by atoms with Crippen LogP contribution in [0.15, 0.2) is 0 Å². The van der Waals surface area contributed by atoms with Crippen molar-refractivity contribution >= 4 is 5.78 Å². The molecule has 1 fully saturated rings. The third-order valence-corrected chi connectivity index (χ3v) is 4.49. The molecule has 1 heterocycles. The van der Waals surface area contributed by atoms with Crippen molar-refractivity contribution in [2.45, 2.75) is 52.0 Å². The van der Waals surface area contributed by atoms with E-state index >= 15 is 0 Å². The average molecular weight is 262 g/mol. The summed E-state index contributed by atoms with van der Waals surface area (Å²) in [4.78, 5) is 12.5. The van der Waals surface area contributed by atoms with Gasteiger partial charge in [0.1, 0.15) is 0 Å². The number of nitrogens with zero attached hydrogens (tertiary/aromatic N) is 2. The first kappa shape index (κ1) is 12.9. The highest BCUT2D eigenvalue weighted by Gasteiger charge is 2.38. The lowest BCUT2D eigenvalue weighted by Gasteiger charge is -2.25.